The Morgan fingerprint density at radius 2 is 2.12 bits per heavy atom. The third kappa shape index (κ3) is 2.14. The summed E-state index contributed by atoms with van der Waals surface area (Å²) >= 11 is 1.55. The van der Waals surface area contributed by atoms with E-state index in [4.69, 9.17) is 5.73 Å². The van der Waals surface area contributed by atoms with Gasteiger partial charge in [-0.15, -0.1) is 11.3 Å². The summed E-state index contributed by atoms with van der Waals surface area (Å²) in [4.78, 5) is 14.1. The number of anilines is 1. The number of rotatable bonds is 3. The maximum Gasteiger partial charge on any atom is 0.203 e. The average molecular weight is 231 g/mol. The number of carbonyl (C=O) groups excluding carboxylic acids is 1. The van der Waals surface area contributed by atoms with Crippen molar-refractivity contribution in [3.8, 4) is 0 Å². The first-order chi connectivity index (χ1) is 7.70. The molecule has 0 saturated heterocycles. The fraction of sp³-hybridized carbons (Fsp3) is 0.154. The molecule has 0 fully saturated rings. The first-order valence-corrected chi connectivity index (χ1v) is 6.01. The van der Waals surface area contributed by atoms with Gasteiger partial charge < -0.3 is 5.73 Å². The van der Waals surface area contributed by atoms with Crippen LogP contribution in [0.25, 0.3) is 0 Å². The molecule has 0 aliphatic rings. The monoisotopic (exact) mass is 231 g/mol. The van der Waals surface area contributed by atoms with Gasteiger partial charge in [-0.2, -0.15) is 0 Å². The van der Waals surface area contributed by atoms with Crippen LogP contribution in [0.15, 0.2) is 36.4 Å². The van der Waals surface area contributed by atoms with Crippen LogP contribution >= 0.6 is 11.3 Å². The molecule has 0 atom stereocenters. The number of carbonyl (C=O) groups is 1. The molecule has 0 aliphatic carbocycles. The first-order valence-electron chi connectivity index (χ1n) is 5.19. The van der Waals surface area contributed by atoms with E-state index in [-0.39, 0.29) is 5.78 Å². The molecule has 0 saturated carbocycles. The van der Waals surface area contributed by atoms with Crippen molar-refractivity contribution in [2.24, 2.45) is 0 Å². The van der Waals surface area contributed by atoms with E-state index in [0.717, 1.165) is 11.3 Å². The lowest BCUT2D eigenvalue weighted by Crippen LogP contribution is -1.99. The smallest absolute Gasteiger partial charge is 0.203 e. The minimum Gasteiger partial charge on any atom is -0.399 e. The summed E-state index contributed by atoms with van der Waals surface area (Å²) in [6.07, 6.45) is 0.967. The molecule has 0 amide bonds. The zero-order valence-electron chi connectivity index (χ0n) is 9.07. The van der Waals surface area contributed by atoms with Crippen molar-refractivity contribution in [2.45, 2.75) is 13.3 Å². The lowest BCUT2D eigenvalue weighted by molar-refractivity contribution is 0.104. The number of aryl methyl sites for hydroxylation is 1. The molecule has 1 heterocycles. The van der Waals surface area contributed by atoms with Gasteiger partial charge in [-0.25, -0.2) is 0 Å². The van der Waals surface area contributed by atoms with Crippen LogP contribution in [0.4, 0.5) is 5.69 Å². The molecule has 82 valence electrons. The van der Waals surface area contributed by atoms with Crippen molar-refractivity contribution in [2.75, 3.05) is 5.73 Å². The number of ketones is 1. The molecule has 3 heteroatoms. The highest BCUT2D eigenvalue weighted by Gasteiger charge is 2.11. The molecule has 2 nitrogen and oxygen atoms in total. The van der Waals surface area contributed by atoms with Gasteiger partial charge >= 0.3 is 0 Å². The molecule has 0 spiro atoms. The molecule has 16 heavy (non-hydrogen) atoms. The number of nitrogens with two attached hydrogens (primary N) is 1. The third-order valence-corrected chi connectivity index (χ3v) is 3.61. The van der Waals surface area contributed by atoms with Gasteiger partial charge in [0.15, 0.2) is 0 Å². The topological polar surface area (TPSA) is 43.1 Å². The summed E-state index contributed by atoms with van der Waals surface area (Å²) in [5.41, 5.74) is 6.94. The van der Waals surface area contributed by atoms with Gasteiger partial charge in [0.25, 0.3) is 0 Å². The normalized spacial score (nSPS) is 10.3. The Bertz CT molecular complexity index is 516. The van der Waals surface area contributed by atoms with Crippen LogP contribution in [-0.4, -0.2) is 5.78 Å². The van der Waals surface area contributed by atoms with Gasteiger partial charge in [-0.1, -0.05) is 19.1 Å². The predicted molar refractivity (Wildman–Crippen MR) is 68.0 cm³/mol. The van der Waals surface area contributed by atoms with Crippen LogP contribution in [0.3, 0.4) is 0 Å². The maximum atomic E-state index is 12.1. The Kier molecular flexibility index (Phi) is 3.06. The van der Waals surface area contributed by atoms with Crippen molar-refractivity contribution in [3.63, 3.8) is 0 Å². The fourth-order valence-corrected chi connectivity index (χ4v) is 2.42. The molecule has 1 aromatic heterocycles. The van der Waals surface area contributed by atoms with E-state index < -0.39 is 0 Å². The molecular formula is C13H13NOS. The maximum absolute atomic E-state index is 12.1. The van der Waals surface area contributed by atoms with Crippen LogP contribution in [0, 0.1) is 0 Å². The Morgan fingerprint density at radius 3 is 2.75 bits per heavy atom. The van der Waals surface area contributed by atoms with Gasteiger partial charge in [0.2, 0.25) is 5.78 Å². The SMILES string of the molecule is CCc1ccc(C(=O)c2cccc(N)c2)s1. The van der Waals surface area contributed by atoms with Crippen LogP contribution in [0.5, 0.6) is 0 Å². The molecule has 2 N–H and O–H groups in total. The van der Waals surface area contributed by atoms with Crippen LogP contribution in [0.1, 0.15) is 27.0 Å². The van der Waals surface area contributed by atoms with Gasteiger partial charge in [0.1, 0.15) is 0 Å². The van der Waals surface area contributed by atoms with Crippen molar-refractivity contribution in [1.82, 2.24) is 0 Å². The lowest BCUT2D eigenvalue weighted by atomic mass is 10.1. The number of hydrogen-bond donors (Lipinski definition) is 1. The van der Waals surface area contributed by atoms with Gasteiger partial charge in [0.05, 0.1) is 4.88 Å². The second-order valence-electron chi connectivity index (χ2n) is 3.57. The van der Waals surface area contributed by atoms with Gasteiger partial charge in [-0.3, -0.25) is 4.79 Å². The van der Waals surface area contributed by atoms with E-state index in [0.29, 0.717) is 11.3 Å². The summed E-state index contributed by atoms with van der Waals surface area (Å²) in [5, 5.41) is 0. The molecular weight excluding hydrogens is 218 g/mol. The molecule has 1 aromatic carbocycles. The molecule has 0 unspecified atom stereocenters. The zero-order chi connectivity index (χ0) is 11.5. The molecule has 2 aromatic rings. The number of hydrogen-bond acceptors (Lipinski definition) is 3. The van der Waals surface area contributed by atoms with E-state index in [9.17, 15) is 4.79 Å². The van der Waals surface area contributed by atoms with E-state index in [1.165, 1.54) is 4.88 Å². The Hall–Kier alpha value is -1.61. The van der Waals surface area contributed by atoms with Crippen molar-refractivity contribution in [1.29, 1.82) is 0 Å². The third-order valence-electron chi connectivity index (χ3n) is 2.38. The minimum atomic E-state index is 0.0528. The minimum absolute atomic E-state index is 0.0528. The van der Waals surface area contributed by atoms with Gasteiger partial charge in [0, 0.05) is 16.1 Å². The molecule has 0 aliphatic heterocycles. The largest absolute Gasteiger partial charge is 0.399 e. The highest BCUT2D eigenvalue weighted by molar-refractivity contribution is 7.14. The number of thiophene rings is 1. The molecule has 0 radical (unpaired) electrons. The number of benzene rings is 1. The standard InChI is InChI=1S/C13H13NOS/c1-2-11-6-7-12(16-11)13(15)9-4-3-5-10(14)8-9/h3-8H,2,14H2,1H3. The van der Waals surface area contributed by atoms with E-state index >= 15 is 0 Å². The average Bonchev–Trinajstić information content (AvgIpc) is 2.76. The van der Waals surface area contributed by atoms with Gasteiger partial charge in [-0.05, 0) is 30.7 Å². The second-order valence-corrected chi connectivity index (χ2v) is 4.74. The fourth-order valence-electron chi connectivity index (χ4n) is 1.51. The summed E-state index contributed by atoms with van der Waals surface area (Å²) in [5.74, 6) is 0.0528. The summed E-state index contributed by atoms with van der Waals surface area (Å²) in [7, 11) is 0. The van der Waals surface area contributed by atoms with Crippen molar-refractivity contribution >= 4 is 22.8 Å². The quantitative estimate of drug-likeness (QED) is 0.651. The van der Waals surface area contributed by atoms with E-state index in [1.807, 2.05) is 12.1 Å². The van der Waals surface area contributed by atoms with Crippen LogP contribution in [-0.2, 0) is 6.42 Å². The van der Waals surface area contributed by atoms with E-state index in [2.05, 4.69) is 6.92 Å². The zero-order valence-corrected chi connectivity index (χ0v) is 9.88. The van der Waals surface area contributed by atoms with E-state index in [1.54, 1.807) is 35.6 Å². The highest BCUT2D eigenvalue weighted by atomic mass is 32.1. The number of nitrogen functional groups attached to an aromatic ring is 1. The predicted octanol–water partition coefficient (Wildman–Crippen LogP) is 3.12. The molecule has 2 rings (SSSR count). The Morgan fingerprint density at radius 1 is 1.31 bits per heavy atom. The van der Waals surface area contributed by atoms with Crippen LogP contribution in [0.2, 0.25) is 0 Å². The highest BCUT2D eigenvalue weighted by Crippen LogP contribution is 2.21. The summed E-state index contributed by atoms with van der Waals surface area (Å²) in [6, 6.07) is 11.0. The van der Waals surface area contributed by atoms with Crippen LogP contribution < -0.4 is 5.73 Å². The summed E-state index contributed by atoms with van der Waals surface area (Å²) < 4.78 is 0. The Balaban J connectivity index is 2.31. The molecule has 0 bridgehead atoms. The second kappa shape index (κ2) is 4.49. The van der Waals surface area contributed by atoms with Crippen molar-refractivity contribution < 1.29 is 4.79 Å². The Labute approximate surface area is 98.7 Å². The summed E-state index contributed by atoms with van der Waals surface area (Å²) in [6.45, 7) is 2.08. The lowest BCUT2D eigenvalue weighted by Gasteiger charge is -1.99. The van der Waals surface area contributed by atoms with Crippen molar-refractivity contribution in [3.05, 3.63) is 51.7 Å². The first kappa shape index (κ1) is 10.9.